The molecule has 0 aliphatic heterocycles. The molecule has 3 aromatic rings. The number of nitrogens with one attached hydrogen (secondary N) is 2. The van der Waals surface area contributed by atoms with Gasteiger partial charge in [0.2, 0.25) is 15.8 Å². The maximum Gasteiger partial charge on any atom is 0.341 e. The predicted octanol–water partition coefficient (Wildman–Crippen LogP) is 2.97. The fraction of sp³-hybridized carbons (Fsp3) is 0.158. The minimum atomic E-state index is -3.39. The summed E-state index contributed by atoms with van der Waals surface area (Å²) in [5.41, 5.74) is 1.82. The van der Waals surface area contributed by atoms with E-state index in [2.05, 4.69) is 9.71 Å². The number of aromatic amines is 1. The quantitative estimate of drug-likeness (QED) is 0.500. The highest BCUT2D eigenvalue weighted by atomic mass is 32.2. The number of para-hydroxylation sites is 1. The van der Waals surface area contributed by atoms with E-state index in [1.54, 1.807) is 12.3 Å². The Labute approximate surface area is 156 Å². The molecule has 7 nitrogen and oxygen atoms in total. The molecule has 0 aliphatic carbocycles. The fourth-order valence-corrected chi connectivity index (χ4v) is 3.23. The fourth-order valence-electron chi connectivity index (χ4n) is 2.67. The molecule has 0 fully saturated rings. The molecule has 27 heavy (non-hydrogen) atoms. The van der Waals surface area contributed by atoms with Gasteiger partial charge >= 0.3 is 5.97 Å². The first-order valence-corrected chi connectivity index (χ1v) is 10.0. The monoisotopic (exact) mass is 386 g/mol. The van der Waals surface area contributed by atoms with Crippen molar-refractivity contribution in [2.24, 2.45) is 0 Å². The number of anilines is 1. The minimum Gasteiger partial charge on any atom is -0.451 e. The van der Waals surface area contributed by atoms with Crippen molar-refractivity contribution in [3.05, 3.63) is 65.9 Å². The van der Waals surface area contributed by atoms with Crippen LogP contribution in [0.4, 0.5) is 5.69 Å². The lowest BCUT2D eigenvalue weighted by atomic mass is 10.1. The number of Topliss-reactive ketones (excluding diaryl/α,β-unsaturated/α-hetero) is 1. The maximum absolute atomic E-state index is 12.5. The Morgan fingerprint density at radius 3 is 2.41 bits per heavy atom. The van der Waals surface area contributed by atoms with E-state index in [1.807, 2.05) is 18.2 Å². The van der Waals surface area contributed by atoms with Crippen LogP contribution in [0.15, 0.2) is 54.7 Å². The van der Waals surface area contributed by atoms with E-state index < -0.39 is 22.1 Å². The average molecular weight is 386 g/mol. The molecule has 0 radical (unpaired) electrons. The zero-order valence-electron chi connectivity index (χ0n) is 14.7. The van der Waals surface area contributed by atoms with Crippen LogP contribution in [0.5, 0.6) is 0 Å². The third kappa shape index (κ3) is 4.35. The number of rotatable bonds is 6. The average Bonchev–Trinajstić information content (AvgIpc) is 3.04. The van der Waals surface area contributed by atoms with Crippen molar-refractivity contribution in [2.45, 2.75) is 13.0 Å². The van der Waals surface area contributed by atoms with Gasteiger partial charge in [-0.1, -0.05) is 18.2 Å². The van der Waals surface area contributed by atoms with Gasteiger partial charge in [0.05, 0.1) is 11.8 Å². The Kier molecular flexibility index (Phi) is 5.00. The Balaban J connectivity index is 1.71. The van der Waals surface area contributed by atoms with Crippen molar-refractivity contribution in [2.75, 3.05) is 11.0 Å². The number of sulfonamides is 1. The van der Waals surface area contributed by atoms with Crippen LogP contribution in [0.25, 0.3) is 10.9 Å². The zero-order chi connectivity index (χ0) is 19.6. The highest BCUT2D eigenvalue weighted by Gasteiger charge is 2.22. The molecule has 0 bridgehead atoms. The smallest absolute Gasteiger partial charge is 0.341 e. The number of hydrogen-bond acceptors (Lipinski definition) is 5. The van der Waals surface area contributed by atoms with E-state index in [0.717, 1.165) is 17.2 Å². The van der Waals surface area contributed by atoms with Gasteiger partial charge in [-0.05, 0) is 37.3 Å². The second-order valence-corrected chi connectivity index (χ2v) is 7.86. The summed E-state index contributed by atoms with van der Waals surface area (Å²) in [6, 6.07) is 13.2. The van der Waals surface area contributed by atoms with Crippen LogP contribution in [0.2, 0.25) is 0 Å². The number of benzene rings is 2. The van der Waals surface area contributed by atoms with E-state index in [1.165, 1.54) is 31.2 Å². The van der Waals surface area contributed by atoms with Crippen LogP contribution in [-0.4, -0.2) is 37.5 Å². The van der Waals surface area contributed by atoms with Crippen molar-refractivity contribution < 1.29 is 22.7 Å². The Morgan fingerprint density at radius 2 is 1.74 bits per heavy atom. The topological polar surface area (TPSA) is 105 Å². The van der Waals surface area contributed by atoms with Crippen LogP contribution in [0.1, 0.15) is 27.6 Å². The summed E-state index contributed by atoms with van der Waals surface area (Å²) >= 11 is 0. The summed E-state index contributed by atoms with van der Waals surface area (Å²) in [7, 11) is -3.39. The van der Waals surface area contributed by atoms with Gasteiger partial charge in [0.25, 0.3) is 0 Å². The molecule has 2 aromatic carbocycles. The highest BCUT2D eigenvalue weighted by Crippen LogP contribution is 2.20. The van der Waals surface area contributed by atoms with Gasteiger partial charge in [0.1, 0.15) is 0 Å². The molecular formula is C19H18N2O5S. The van der Waals surface area contributed by atoms with Crippen molar-refractivity contribution in [3.63, 3.8) is 0 Å². The molecule has 0 saturated carbocycles. The van der Waals surface area contributed by atoms with Crippen molar-refractivity contribution >= 4 is 38.4 Å². The van der Waals surface area contributed by atoms with Gasteiger partial charge < -0.3 is 9.72 Å². The van der Waals surface area contributed by atoms with Crippen molar-refractivity contribution in [1.82, 2.24) is 4.98 Å². The lowest BCUT2D eigenvalue weighted by molar-refractivity contribution is 0.0321. The van der Waals surface area contributed by atoms with E-state index >= 15 is 0 Å². The zero-order valence-corrected chi connectivity index (χ0v) is 15.5. The van der Waals surface area contributed by atoms with E-state index in [0.29, 0.717) is 16.8 Å². The molecule has 1 atom stereocenters. The Bertz CT molecular complexity index is 1100. The van der Waals surface area contributed by atoms with Crippen LogP contribution in [0.3, 0.4) is 0 Å². The SMILES string of the molecule is C[C@@H](OC(=O)c1c[nH]c2ccccc12)C(=O)c1ccc(NS(C)(=O)=O)cc1. The van der Waals surface area contributed by atoms with Crippen LogP contribution >= 0.6 is 0 Å². The molecule has 0 aliphatic rings. The molecular weight excluding hydrogens is 368 g/mol. The van der Waals surface area contributed by atoms with Crippen LogP contribution in [-0.2, 0) is 14.8 Å². The van der Waals surface area contributed by atoms with Crippen LogP contribution < -0.4 is 4.72 Å². The third-order valence-corrected chi connectivity index (χ3v) is 4.54. The van der Waals surface area contributed by atoms with Gasteiger partial charge in [-0.15, -0.1) is 0 Å². The molecule has 1 heterocycles. The number of carbonyl (C=O) groups is 2. The van der Waals surface area contributed by atoms with Crippen molar-refractivity contribution in [1.29, 1.82) is 0 Å². The molecule has 1 aromatic heterocycles. The number of fused-ring (bicyclic) bond motifs is 1. The normalized spacial score (nSPS) is 12.5. The van der Waals surface area contributed by atoms with E-state index in [-0.39, 0.29) is 5.78 Å². The number of esters is 1. The highest BCUT2D eigenvalue weighted by molar-refractivity contribution is 7.92. The number of carbonyl (C=O) groups excluding carboxylic acids is 2. The number of hydrogen-bond donors (Lipinski definition) is 2. The van der Waals surface area contributed by atoms with Gasteiger partial charge in [-0.2, -0.15) is 0 Å². The molecule has 3 rings (SSSR count). The summed E-state index contributed by atoms with van der Waals surface area (Å²) in [4.78, 5) is 27.9. The lowest BCUT2D eigenvalue weighted by Crippen LogP contribution is -2.24. The summed E-state index contributed by atoms with van der Waals surface area (Å²) in [6.45, 7) is 1.50. The maximum atomic E-state index is 12.5. The molecule has 0 spiro atoms. The Morgan fingerprint density at radius 1 is 1.07 bits per heavy atom. The number of ether oxygens (including phenoxy) is 1. The minimum absolute atomic E-state index is 0.313. The second-order valence-electron chi connectivity index (χ2n) is 6.11. The van der Waals surface area contributed by atoms with E-state index in [9.17, 15) is 18.0 Å². The molecule has 0 saturated heterocycles. The molecule has 140 valence electrons. The van der Waals surface area contributed by atoms with Gasteiger partial charge in [0.15, 0.2) is 6.10 Å². The first-order valence-electron chi connectivity index (χ1n) is 8.14. The van der Waals surface area contributed by atoms with Crippen molar-refractivity contribution in [3.8, 4) is 0 Å². The summed E-state index contributed by atoms with van der Waals surface area (Å²) in [5, 5.41) is 0.721. The molecule has 0 unspecified atom stereocenters. The lowest BCUT2D eigenvalue weighted by Gasteiger charge is -2.12. The number of H-pyrrole nitrogens is 1. The predicted molar refractivity (Wildman–Crippen MR) is 102 cm³/mol. The summed E-state index contributed by atoms with van der Waals surface area (Å²) in [6.07, 6.45) is 1.61. The largest absolute Gasteiger partial charge is 0.451 e. The van der Waals surface area contributed by atoms with Gasteiger partial charge in [-0.25, -0.2) is 13.2 Å². The Hall–Kier alpha value is -3.13. The first-order chi connectivity index (χ1) is 12.7. The summed E-state index contributed by atoms with van der Waals surface area (Å²) in [5.74, 6) is -0.974. The molecule has 8 heteroatoms. The van der Waals surface area contributed by atoms with E-state index in [4.69, 9.17) is 4.74 Å². The molecule has 0 amide bonds. The number of ketones is 1. The second kappa shape index (κ2) is 7.24. The van der Waals surface area contributed by atoms with Crippen LogP contribution in [0, 0.1) is 0 Å². The third-order valence-electron chi connectivity index (χ3n) is 3.93. The van der Waals surface area contributed by atoms with Gasteiger partial charge in [-0.3, -0.25) is 9.52 Å². The first kappa shape index (κ1) is 18.7. The van der Waals surface area contributed by atoms with Gasteiger partial charge in [0, 0.05) is 28.4 Å². The molecule has 2 N–H and O–H groups in total. The summed E-state index contributed by atoms with van der Waals surface area (Å²) < 4.78 is 30.1. The number of aromatic nitrogens is 1. The standard InChI is InChI=1S/C19H18N2O5S/c1-12(18(22)13-7-9-14(10-8-13)21-27(2,24)25)26-19(23)16-11-20-17-6-4-3-5-15(16)17/h3-12,20-21H,1-2H3/t12-/m1/s1.